The van der Waals surface area contributed by atoms with Crippen LogP contribution in [0.5, 0.6) is 0 Å². The van der Waals surface area contributed by atoms with Crippen LogP contribution >= 0.6 is 0 Å². The Labute approximate surface area is 103 Å². The predicted octanol–water partition coefficient (Wildman–Crippen LogP) is 2.86. The van der Waals surface area contributed by atoms with E-state index in [0.29, 0.717) is 12.5 Å². The minimum Gasteiger partial charge on any atom is -0.338 e. The first kappa shape index (κ1) is 12.6. The Morgan fingerprint density at radius 2 is 2.06 bits per heavy atom. The summed E-state index contributed by atoms with van der Waals surface area (Å²) in [5.41, 5.74) is 0. The lowest BCUT2D eigenvalue weighted by Gasteiger charge is -2.23. The van der Waals surface area contributed by atoms with E-state index in [1.807, 2.05) is 0 Å². The van der Waals surface area contributed by atoms with Gasteiger partial charge < -0.3 is 9.84 Å². The topological polar surface area (TPSA) is 51.0 Å². The van der Waals surface area contributed by atoms with Gasteiger partial charge in [0.05, 0.1) is 6.54 Å². The van der Waals surface area contributed by atoms with Crippen LogP contribution in [0.2, 0.25) is 0 Å². The summed E-state index contributed by atoms with van der Waals surface area (Å²) in [6, 6.07) is 0. The van der Waals surface area contributed by atoms with E-state index in [0.717, 1.165) is 30.6 Å². The molecule has 0 atom stereocenters. The van der Waals surface area contributed by atoms with Gasteiger partial charge in [0.25, 0.3) is 0 Å². The molecule has 0 saturated heterocycles. The lowest BCUT2D eigenvalue weighted by molar-refractivity contribution is 0.322. The van der Waals surface area contributed by atoms with E-state index < -0.39 is 0 Å². The highest BCUT2D eigenvalue weighted by Crippen LogP contribution is 2.33. The van der Waals surface area contributed by atoms with Crippen LogP contribution in [0.25, 0.3) is 0 Å². The first-order valence-corrected chi connectivity index (χ1v) is 6.82. The quantitative estimate of drug-likeness (QED) is 0.800. The molecule has 17 heavy (non-hydrogen) atoms. The van der Waals surface area contributed by atoms with Gasteiger partial charge in [-0.2, -0.15) is 4.98 Å². The third-order valence-electron chi connectivity index (χ3n) is 3.57. The number of aromatic nitrogens is 2. The molecule has 1 fully saturated rings. The second-order valence-electron chi connectivity index (χ2n) is 5.18. The van der Waals surface area contributed by atoms with Gasteiger partial charge in [-0.25, -0.2) is 0 Å². The zero-order valence-electron chi connectivity index (χ0n) is 10.9. The molecule has 1 aromatic rings. The highest BCUT2D eigenvalue weighted by molar-refractivity contribution is 4.97. The predicted molar refractivity (Wildman–Crippen MR) is 66.7 cm³/mol. The second-order valence-corrected chi connectivity index (χ2v) is 5.18. The van der Waals surface area contributed by atoms with Crippen molar-refractivity contribution in [2.75, 3.05) is 6.54 Å². The summed E-state index contributed by atoms with van der Waals surface area (Å²) < 4.78 is 5.27. The maximum absolute atomic E-state index is 5.27. The number of nitrogens with zero attached hydrogens (tertiary/aromatic N) is 2. The minimum atomic E-state index is 0.523. The zero-order chi connectivity index (χ0) is 12.1. The van der Waals surface area contributed by atoms with Gasteiger partial charge in [-0.3, -0.25) is 0 Å². The van der Waals surface area contributed by atoms with E-state index in [4.69, 9.17) is 4.52 Å². The average Bonchev–Trinajstić information content (AvgIpc) is 2.79. The van der Waals surface area contributed by atoms with Crippen LogP contribution in [0.1, 0.15) is 63.6 Å². The van der Waals surface area contributed by atoms with Crippen molar-refractivity contribution >= 4 is 0 Å². The summed E-state index contributed by atoms with van der Waals surface area (Å²) in [6.45, 7) is 6.17. The molecular weight excluding hydrogens is 214 g/mol. The van der Waals surface area contributed by atoms with E-state index in [-0.39, 0.29) is 0 Å². The monoisotopic (exact) mass is 237 g/mol. The van der Waals surface area contributed by atoms with Crippen LogP contribution in [-0.4, -0.2) is 16.7 Å². The molecule has 1 heterocycles. The first-order chi connectivity index (χ1) is 8.29. The Hall–Kier alpha value is -0.900. The molecule has 0 spiro atoms. The van der Waals surface area contributed by atoms with Crippen molar-refractivity contribution in [3.05, 3.63) is 11.7 Å². The van der Waals surface area contributed by atoms with E-state index in [9.17, 15) is 0 Å². The van der Waals surface area contributed by atoms with Crippen molar-refractivity contribution in [2.24, 2.45) is 5.92 Å². The van der Waals surface area contributed by atoms with Gasteiger partial charge in [0.1, 0.15) is 0 Å². The molecule has 1 aliphatic carbocycles. The van der Waals surface area contributed by atoms with Gasteiger partial charge in [-0.1, -0.05) is 31.8 Å². The molecule has 96 valence electrons. The van der Waals surface area contributed by atoms with E-state index >= 15 is 0 Å². The first-order valence-electron chi connectivity index (χ1n) is 6.82. The molecule has 1 saturated carbocycles. The van der Waals surface area contributed by atoms with Crippen LogP contribution in [-0.2, 0) is 6.54 Å². The van der Waals surface area contributed by atoms with Gasteiger partial charge in [0.2, 0.25) is 5.89 Å². The second kappa shape index (κ2) is 6.15. The van der Waals surface area contributed by atoms with Crippen molar-refractivity contribution in [2.45, 2.75) is 58.4 Å². The van der Waals surface area contributed by atoms with Crippen LogP contribution in [0.3, 0.4) is 0 Å². The van der Waals surface area contributed by atoms with Crippen molar-refractivity contribution in [3.8, 4) is 0 Å². The Balaban J connectivity index is 1.85. The average molecular weight is 237 g/mol. The van der Waals surface area contributed by atoms with E-state index in [1.54, 1.807) is 0 Å². The van der Waals surface area contributed by atoms with Crippen molar-refractivity contribution < 1.29 is 4.52 Å². The van der Waals surface area contributed by atoms with Gasteiger partial charge in [0.15, 0.2) is 5.82 Å². The summed E-state index contributed by atoms with van der Waals surface area (Å²) in [4.78, 5) is 4.49. The molecule has 1 aliphatic rings. The Morgan fingerprint density at radius 1 is 1.29 bits per heavy atom. The van der Waals surface area contributed by atoms with Crippen LogP contribution in [0, 0.1) is 5.92 Å². The third kappa shape index (κ3) is 3.53. The number of hydrogen-bond donors (Lipinski definition) is 1. The molecule has 0 bridgehead atoms. The highest BCUT2D eigenvalue weighted by atomic mass is 16.5. The summed E-state index contributed by atoms with van der Waals surface area (Å²) in [5, 5.41) is 7.40. The van der Waals surface area contributed by atoms with Gasteiger partial charge in [0, 0.05) is 5.92 Å². The fourth-order valence-corrected chi connectivity index (χ4v) is 2.40. The normalized spacial score (nSPS) is 25.1. The molecule has 0 unspecified atom stereocenters. The zero-order valence-corrected chi connectivity index (χ0v) is 10.9. The SMILES string of the molecule is CCCNCc1nc(C2CCC(C)CC2)no1. The maximum Gasteiger partial charge on any atom is 0.240 e. The highest BCUT2D eigenvalue weighted by Gasteiger charge is 2.23. The van der Waals surface area contributed by atoms with Gasteiger partial charge in [-0.15, -0.1) is 0 Å². The maximum atomic E-state index is 5.27. The standard InChI is InChI=1S/C13H23N3O/c1-3-8-14-9-12-15-13(16-17-12)11-6-4-10(2)5-7-11/h10-11,14H,3-9H2,1-2H3. The largest absolute Gasteiger partial charge is 0.338 e. The summed E-state index contributed by atoms with van der Waals surface area (Å²) >= 11 is 0. The fourth-order valence-electron chi connectivity index (χ4n) is 2.40. The Morgan fingerprint density at radius 3 is 2.76 bits per heavy atom. The molecular formula is C13H23N3O. The van der Waals surface area contributed by atoms with E-state index in [1.165, 1.54) is 25.7 Å². The third-order valence-corrected chi connectivity index (χ3v) is 3.57. The molecule has 0 radical (unpaired) electrons. The van der Waals surface area contributed by atoms with Crippen LogP contribution < -0.4 is 5.32 Å². The number of hydrogen-bond acceptors (Lipinski definition) is 4. The van der Waals surface area contributed by atoms with Crippen LogP contribution in [0.15, 0.2) is 4.52 Å². The molecule has 0 aromatic carbocycles. The molecule has 1 N–H and O–H groups in total. The van der Waals surface area contributed by atoms with Crippen molar-refractivity contribution in [1.29, 1.82) is 0 Å². The number of nitrogens with one attached hydrogen (secondary N) is 1. The lowest BCUT2D eigenvalue weighted by atomic mass is 9.83. The molecule has 2 rings (SSSR count). The van der Waals surface area contributed by atoms with Crippen molar-refractivity contribution in [3.63, 3.8) is 0 Å². The van der Waals surface area contributed by atoms with Crippen molar-refractivity contribution in [1.82, 2.24) is 15.5 Å². The molecule has 4 nitrogen and oxygen atoms in total. The van der Waals surface area contributed by atoms with Gasteiger partial charge >= 0.3 is 0 Å². The molecule has 1 aromatic heterocycles. The summed E-state index contributed by atoms with van der Waals surface area (Å²) in [6.07, 6.45) is 6.14. The Bertz CT molecular complexity index is 329. The molecule has 0 amide bonds. The minimum absolute atomic E-state index is 0.523. The molecule has 4 heteroatoms. The molecule has 0 aliphatic heterocycles. The van der Waals surface area contributed by atoms with Crippen LogP contribution in [0.4, 0.5) is 0 Å². The summed E-state index contributed by atoms with van der Waals surface area (Å²) in [7, 11) is 0. The smallest absolute Gasteiger partial charge is 0.240 e. The van der Waals surface area contributed by atoms with Gasteiger partial charge in [-0.05, 0) is 31.7 Å². The number of rotatable bonds is 5. The summed E-state index contributed by atoms with van der Waals surface area (Å²) in [5.74, 6) is 3.04. The van der Waals surface area contributed by atoms with E-state index in [2.05, 4.69) is 29.3 Å². The Kier molecular flexibility index (Phi) is 4.54. The fraction of sp³-hybridized carbons (Fsp3) is 0.846. The lowest BCUT2D eigenvalue weighted by Crippen LogP contribution is -2.14.